The van der Waals surface area contributed by atoms with E-state index in [1.54, 1.807) is 28.0 Å². The van der Waals surface area contributed by atoms with E-state index >= 15 is 0 Å². The van der Waals surface area contributed by atoms with Crippen molar-refractivity contribution >= 4 is 50.8 Å². The molecule has 0 bridgehead atoms. The van der Waals surface area contributed by atoms with E-state index in [1.807, 2.05) is 42.5 Å². The molecule has 0 spiro atoms. The third-order valence-electron chi connectivity index (χ3n) is 6.14. The number of hydrogen-bond donors (Lipinski definition) is 2. The molecule has 180 valence electrons. The number of halogens is 1. The zero-order chi connectivity index (χ0) is 24.4. The highest BCUT2D eigenvalue weighted by atomic mass is 35.5. The second-order valence-electron chi connectivity index (χ2n) is 8.70. The Bertz CT molecular complexity index is 1420. The quantitative estimate of drug-likeness (QED) is 0.287. The lowest BCUT2D eigenvalue weighted by molar-refractivity contribution is -0.895. The van der Waals surface area contributed by atoms with Gasteiger partial charge < -0.3 is 10.2 Å². The van der Waals surface area contributed by atoms with Crippen LogP contribution in [-0.4, -0.2) is 41.3 Å². The van der Waals surface area contributed by atoms with Crippen LogP contribution in [0.25, 0.3) is 15.9 Å². The van der Waals surface area contributed by atoms with Crippen LogP contribution in [0.3, 0.4) is 0 Å². The van der Waals surface area contributed by atoms with Gasteiger partial charge in [0.05, 0.1) is 35.3 Å². The zero-order valence-electron chi connectivity index (χ0n) is 19.3. The summed E-state index contributed by atoms with van der Waals surface area (Å²) in [4.78, 5) is 34.7. The highest BCUT2D eigenvalue weighted by molar-refractivity contribution is 7.99. The number of likely N-dealkylation sites (N-methyl/N-ethyl adjacent to an activating group) is 1. The van der Waals surface area contributed by atoms with Crippen LogP contribution < -0.4 is 15.8 Å². The number of aromatic nitrogens is 2. The average molecular weight is 526 g/mol. The number of amides is 1. The van der Waals surface area contributed by atoms with E-state index in [0.29, 0.717) is 27.8 Å². The van der Waals surface area contributed by atoms with Crippen LogP contribution in [0.15, 0.2) is 64.5 Å². The molecule has 0 aliphatic carbocycles. The molecule has 4 aromatic rings. The van der Waals surface area contributed by atoms with Gasteiger partial charge in [-0.2, -0.15) is 0 Å². The summed E-state index contributed by atoms with van der Waals surface area (Å²) >= 11 is 8.99. The molecule has 0 fully saturated rings. The number of nitrogens with zero attached hydrogens (tertiary/aromatic N) is 2. The molecule has 0 saturated carbocycles. The maximum atomic E-state index is 13.8. The van der Waals surface area contributed by atoms with Crippen LogP contribution in [-0.2, 0) is 24.2 Å². The molecule has 2 aromatic heterocycles. The standard InChI is InChI=1S/C26H25ClN4O2S2/c1-30-14-12-20-21(15-30)35-24-23(20)25(33)31(19-9-7-18(27)8-10-19)26(29-24)34-16-22(32)28-13-11-17-5-3-2-4-6-17/h2-10H,11-16H2,1H3,(H,28,32)/p+1. The number of quaternary nitrogens is 1. The SMILES string of the molecule is C[NH+]1CCc2c(sc3nc(SCC(=O)NCCc4ccccc4)n(-c4ccc(Cl)cc4)c(=O)c23)C1. The van der Waals surface area contributed by atoms with Crippen LogP contribution in [0.2, 0.25) is 5.02 Å². The van der Waals surface area contributed by atoms with E-state index in [0.717, 1.165) is 36.3 Å². The summed E-state index contributed by atoms with van der Waals surface area (Å²) in [5.74, 6) is 0.0943. The van der Waals surface area contributed by atoms with Crippen molar-refractivity contribution < 1.29 is 9.69 Å². The molecule has 3 heterocycles. The van der Waals surface area contributed by atoms with Gasteiger partial charge in [0.25, 0.3) is 5.56 Å². The Balaban J connectivity index is 1.42. The lowest BCUT2D eigenvalue weighted by Gasteiger charge is -2.19. The van der Waals surface area contributed by atoms with Crippen molar-refractivity contribution in [2.75, 3.05) is 25.9 Å². The highest BCUT2D eigenvalue weighted by Crippen LogP contribution is 2.31. The van der Waals surface area contributed by atoms with E-state index in [9.17, 15) is 9.59 Å². The first kappa shape index (κ1) is 24.1. The minimum Gasteiger partial charge on any atom is -0.355 e. The van der Waals surface area contributed by atoms with Gasteiger partial charge in [0.1, 0.15) is 11.4 Å². The smallest absolute Gasteiger partial charge is 0.267 e. The molecule has 35 heavy (non-hydrogen) atoms. The van der Waals surface area contributed by atoms with Crippen LogP contribution in [0, 0.1) is 0 Å². The normalized spacial score (nSPS) is 15.2. The van der Waals surface area contributed by atoms with Crippen molar-refractivity contribution in [3.05, 3.63) is 86.0 Å². The molecule has 9 heteroatoms. The second-order valence-corrected chi connectivity index (χ2v) is 11.2. The monoisotopic (exact) mass is 525 g/mol. The lowest BCUT2D eigenvalue weighted by atomic mass is 10.1. The molecular weight excluding hydrogens is 500 g/mol. The van der Waals surface area contributed by atoms with Crippen molar-refractivity contribution in [2.24, 2.45) is 0 Å². The Hall–Kier alpha value is -2.65. The van der Waals surface area contributed by atoms with Crippen molar-refractivity contribution in [2.45, 2.75) is 24.5 Å². The number of fused-ring (bicyclic) bond motifs is 3. The largest absolute Gasteiger partial charge is 0.355 e. The Morgan fingerprint density at radius 2 is 1.97 bits per heavy atom. The summed E-state index contributed by atoms with van der Waals surface area (Å²) in [5.41, 5.74) is 2.92. The first-order valence-corrected chi connectivity index (χ1v) is 13.8. The molecule has 2 aromatic carbocycles. The molecule has 1 aliphatic heterocycles. The zero-order valence-corrected chi connectivity index (χ0v) is 21.7. The number of benzene rings is 2. The fourth-order valence-electron chi connectivity index (χ4n) is 4.33. The van der Waals surface area contributed by atoms with E-state index in [4.69, 9.17) is 16.6 Å². The lowest BCUT2D eigenvalue weighted by Crippen LogP contribution is -3.08. The molecule has 6 nitrogen and oxygen atoms in total. The van der Waals surface area contributed by atoms with Gasteiger partial charge in [-0.3, -0.25) is 14.2 Å². The minimum atomic E-state index is -0.0846. The van der Waals surface area contributed by atoms with E-state index in [2.05, 4.69) is 12.4 Å². The Morgan fingerprint density at radius 1 is 1.20 bits per heavy atom. The van der Waals surface area contributed by atoms with Crippen molar-refractivity contribution in [1.82, 2.24) is 14.9 Å². The molecular formula is C26H26ClN4O2S2+. The summed E-state index contributed by atoms with van der Waals surface area (Å²) in [6.45, 7) is 2.47. The fourth-order valence-corrected chi connectivity index (χ4v) is 6.67. The summed E-state index contributed by atoms with van der Waals surface area (Å²) < 4.78 is 1.62. The molecule has 2 N–H and O–H groups in total. The maximum absolute atomic E-state index is 13.8. The fraction of sp³-hybridized carbons (Fsp3) is 0.269. The second kappa shape index (κ2) is 10.5. The number of hydrogen-bond acceptors (Lipinski definition) is 5. The first-order chi connectivity index (χ1) is 17.0. The number of nitrogens with one attached hydrogen (secondary N) is 2. The minimum absolute atomic E-state index is 0.0821. The number of carbonyl (C=O) groups excluding carboxylic acids is 1. The molecule has 0 radical (unpaired) electrons. The van der Waals surface area contributed by atoms with Gasteiger partial charge >= 0.3 is 0 Å². The Labute approximate surface area is 216 Å². The first-order valence-electron chi connectivity index (χ1n) is 11.6. The topological polar surface area (TPSA) is 68.4 Å². The van der Waals surface area contributed by atoms with Gasteiger partial charge in [-0.05, 0) is 41.8 Å². The number of rotatable bonds is 7. The predicted octanol–water partition coefficient (Wildman–Crippen LogP) is 3.12. The highest BCUT2D eigenvalue weighted by Gasteiger charge is 2.26. The number of thioether (sulfide) groups is 1. The molecule has 1 amide bonds. The van der Waals surface area contributed by atoms with Gasteiger partial charge in [-0.25, -0.2) is 4.98 Å². The van der Waals surface area contributed by atoms with Crippen molar-refractivity contribution in [3.8, 4) is 5.69 Å². The third-order valence-corrected chi connectivity index (χ3v) is 8.45. The number of thiophene rings is 1. The van der Waals surface area contributed by atoms with Gasteiger partial charge in [0, 0.05) is 18.0 Å². The van der Waals surface area contributed by atoms with E-state index in [1.165, 1.54) is 27.1 Å². The molecule has 0 saturated heterocycles. The third kappa shape index (κ3) is 5.30. The Morgan fingerprint density at radius 3 is 2.74 bits per heavy atom. The maximum Gasteiger partial charge on any atom is 0.267 e. The summed E-state index contributed by atoms with van der Waals surface area (Å²) in [6.07, 6.45) is 1.64. The summed E-state index contributed by atoms with van der Waals surface area (Å²) in [5, 5.41) is 4.80. The van der Waals surface area contributed by atoms with Crippen LogP contribution in [0.1, 0.15) is 16.0 Å². The van der Waals surface area contributed by atoms with Crippen LogP contribution >= 0.6 is 34.7 Å². The van der Waals surface area contributed by atoms with Crippen molar-refractivity contribution in [1.29, 1.82) is 0 Å². The predicted molar refractivity (Wildman–Crippen MR) is 143 cm³/mol. The summed E-state index contributed by atoms with van der Waals surface area (Å²) in [6, 6.07) is 17.2. The van der Waals surface area contributed by atoms with Crippen LogP contribution in [0.5, 0.6) is 0 Å². The van der Waals surface area contributed by atoms with E-state index < -0.39 is 0 Å². The molecule has 5 rings (SSSR count). The van der Waals surface area contributed by atoms with Gasteiger partial charge in [0.2, 0.25) is 5.91 Å². The van der Waals surface area contributed by atoms with Crippen LogP contribution in [0.4, 0.5) is 0 Å². The van der Waals surface area contributed by atoms with Gasteiger partial charge in [-0.15, -0.1) is 11.3 Å². The van der Waals surface area contributed by atoms with Gasteiger partial charge in [0.15, 0.2) is 5.16 Å². The Kier molecular flexibility index (Phi) is 7.24. The molecule has 1 atom stereocenters. The molecule has 1 unspecified atom stereocenters. The summed E-state index contributed by atoms with van der Waals surface area (Å²) in [7, 11) is 2.17. The molecule has 1 aliphatic rings. The van der Waals surface area contributed by atoms with E-state index in [-0.39, 0.29) is 17.2 Å². The van der Waals surface area contributed by atoms with Crippen molar-refractivity contribution in [3.63, 3.8) is 0 Å². The average Bonchev–Trinajstić information content (AvgIpc) is 3.22. The number of carbonyl (C=O) groups is 1. The van der Waals surface area contributed by atoms with Gasteiger partial charge in [-0.1, -0.05) is 53.7 Å².